The Bertz CT molecular complexity index is 677. The van der Waals surface area contributed by atoms with Gasteiger partial charge in [0.25, 0.3) is 0 Å². The van der Waals surface area contributed by atoms with Crippen LogP contribution in [0, 0.1) is 0 Å². The molecule has 160 valence electrons. The van der Waals surface area contributed by atoms with Crippen LogP contribution >= 0.6 is 0 Å². The highest BCUT2D eigenvalue weighted by Crippen LogP contribution is 2.21. The van der Waals surface area contributed by atoms with Crippen LogP contribution in [0.3, 0.4) is 0 Å². The number of nitrogens with zero attached hydrogens (tertiary/aromatic N) is 1. The Kier molecular flexibility index (Phi) is 9.48. The van der Waals surface area contributed by atoms with Crippen molar-refractivity contribution in [3.63, 3.8) is 0 Å². The lowest BCUT2D eigenvalue weighted by atomic mass is 9.99. The first-order valence-electron chi connectivity index (χ1n) is 10.8. The van der Waals surface area contributed by atoms with Gasteiger partial charge in [0.1, 0.15) is 5.78 Å². The van der Waals surface area contributed by atoms with Crippen LogP contribution in [-0.4, -0.2) is 53.6 Å². The van der Waals surface area contributed by atoms with Crippen LogP contribution in [0.1, 0.15) is 57.9 Å². The lowest BCUT2D eigenvalue weighted by Gasteiger charge is -2.30. The lowest BCUT2D eigenvalue weighted by Crippen LogP contribution is -2.53. The van der Waals surface area contributed by atoms with Gasteiger partial charge in [-0.05, 0) is 64.5 Å². The van der Waals surface area contributed by atoms with E-state index >= 15 is 0 Å². The number of unbranched alkanes of at least 4 members (excludes halogenated alkanes) is 1. The predicted molar refractivity (Wildman–Crippen MR) is 114 cm³/mol. The summed E-state index contributed by atoms with van der Waals surface area (Å²) >= 11 is 0. The van der Waals surface area contributed by atoms with Crippen molar-refractivity contribution in [3.8, 4) is 0 Å². The Morgan fingerprint density at radius 1 is 1.10 bits per heavy atom. The maximum atomic E-state index is 13.3. The quantitative estimate of drug-likeness (QED) is 0.524. The zero-order valence-corrected chi connectivity index (χ0v) is 17.7. The molecule has 2 rings (SSSR count). The first-order valence-corrected chi connectivity index (χ1v) is 10.8. The van der Waals surface area contributed by atoms with Gasteiger partial charge in [0.05, 0.1) is 18.1 Å². The smallest absolute Gasteiger partial charge is 0.240 e. The largest absolute Gasteiger partial charge is 0.331 e. The number of hydrogen-bond acceptors (Lipinski definition) is 5. The van der Waals surface area contributed by atoms with Gasteiger partial charge < -0.3 is 10.6 Å². The number of benzene rings is 1. The molecule has 0 aromatic heterocycles. The van der Waals surface area contributed by atoms with E-state index < -0.39 is 6.04 Å². The number of Topliss-reactive ketones (excluding diaryl/α,β-unsaturated/α-hetero) is 2. The topological polar surface area (TPSA) is 92.5 Å². The molecule has 1 aliphatic rings. The van der Waals surface area contributed by atoms with Crippen LogP contribution < -0.4 is 11.1 Å². The summed E-state index contributed by atoms with van der Waals surface area (Å²) in [7, 11) is 0. The highest BCUT2D eigenvalue weighted by Gasteiger charge is 2.36. The molecule has 6 heteroatoms. The summed E-state index contributed by atoms with van der Waals surface area (Å²) in [6.07, 6.45) is 5.22. The zero-order chi connectivity index (χ0) is 21.2. The first-order chi connectivity index (χ1) is 13.9. The van der Waals surface area contributed by atoms with Gasteiger partial charge >= 0.3 is 0 Å². The number of aryl methyl sites for hydroxylation is 1. The maximum Gasteiger partial charge on any atom is 0.240 e. The fourth-order valence-electron chi connectivity index (χ4n) is 4.03. The third kappa shape index (κ3) is 7.05. The Balaban J connectivity index is 2.08. The molecular formula is C23H35N3O3. The van der Waals surface area contributed by atoms with E-state index in [4.69, 9.17) is 5.73 Å². The first kappa shape index (κ1) is 23.2. The molecule has 0 aliphatic carbocycles. The van der Waals surface area contributed by atoms with Crippen LogP contribution in [0.2, 0.25) is 0 Å². The average molecular weight is 402 g/mol. The van der Waals surface area contributed by atoms with E-state index in [1.54, 1.807) is 18.7 Å². The molecule has 1 aliphatic heterocycles. The number of likely N-dealkylation sites (tertiary alicyclic amines) is 1. The summed E-state index contributed by atoms with van der Waals surface area (Å²) in [5.74, 6) is -0.00321. The van der Waals surface area contributed by atoms with Crippen LogP contribution in [0.25, 0.3) is 0 Å². The summed E-state index contributed by atoms with van der Waals surface area (Å²) in [5.41, 5.74) is 6.79. The van der Waals surface area contributed by atoms with E-state index in [1.165, 1.54) is 5.56 Å². The van der Waals surface area contributed by atoms with Gasteiger partial charge in [0, 0.05) is 6.54 Å². The average Bonchev–Trinajstić information content (AvgIpc) is 3.20. The summed E-state index contributed by atoms with van der Waals surface area (Å²) in [6.45, 7) is 4.29. The second kappa shape index (κ2) is 11.8. The van der Waals surface area contributed by atoms with Crippen LogP contribution in [0.5, 0.6) is 0 Å². The van der Waals surface area contributed by atoms with Crippen molar-refractivity contribution in [3.05, 3.63) is 35.9 Å². The molecule has 0 saturated carbocycles. The van der Waals surface area contributed by atoms with E-state index in [2.05, 4.69) is 5.32 Å². The molecule has 1 aromatic rings. The number of rotatable bonds is 12. The number of nitrogens with two attached hydrogens (primary N) is 1. The molecule has 0 radical (unpaired) electrons. The third-order valence-corrected chi connectivity index (χ3v) is 5.71. The van der Waals surface area contributed by atoms with Crippen molar-refractivity contribution >= 4 is 17.5 Å². The highest BCUT2D eigenvalue weighted by atomic mass is 16.2. The van der Waals surface area contributed by atoms with Gasteiger partial charge in [-0.1, -0.05) is 36.8 Å². The van der Waals surface area contributed by atoms with Gasteiger partial charge in [-0.2, -0.15) is 0 Å². The number of carbonyl (C=O) groups is 3. The molecule has 3 N–H and O–H groups in total. The van der Waals surface area contributed by atoms with Crippen molar-refractivity contribution in [2.75, 3.05) is 13.1 Å². The molecule has 0 spiro atoms. The number of nitrogens with one attached hydrogen (secondary N) is 1. The van der Waals surface area contributed by atoms with E-state index in [1.807, 2.05) is 30.3 Å². The van der Waals surface area contributed by atoms with Crippen molar-refractivity contribution in [1.82, 2.24) is 10.2 Å². The van der Waals surface area contributed by atoms with Crippen molar-refractivity contribution in [1.29, 1.82) is 0 Å². The van der Waals surface area contributed by atoms with Crippen molar-refractivity contribution in [2.45, 2.75) is 76.9 Å². The molecule has 0 unspecified atom stereocenters. The fraction of sp³-hybridized carbons (Fsp3) is 0.609. The van der Waals surface area contributed by atoms with Crippen LogP contribution in [-0.2, 0) is 20.8 Å². The number of amides is 1. The second-order valence-corrected chi connectivity index (χ2v) is 7.99. The number of carbonyl (C=O) groups excluding carboxylic acids is 3. The second-order valence-electron chi connectivity index (χ2n) is 7.99. The van der Waals surface area contributed by atoms with Gasteiger partial charge in [0.15, 0.2) is 5.78 Å². The van der Waals surface area contributed by atoms with Gasteiger partial charge in [-0.15, -0.1) is 0 Å². The predicted octanol–water partition coefficient (Wildman–Crippen LogP) is 2.24. The molecule has 1 aromatic carbocycles. The van der Waals surface area contributed by atoms with E-state index in [-0.39, 0.29) is 29.6 Å². The van der Waals surface area contributed by atoms with Crippen LogP contribution in [0.15, 0.2) is 30.3 Å². The Labute approximate surface area is 174 Å². The Morgan fingerprint density at radius 3 is 2.45 bits per heavy atom. The minimum atomic E-state index is -0.467. The van der Waals surface area contributed by atoms with E-state index in [0.717, 1.165) is 32.1 Å². The molecule has 1 amide bonds. The summed E-state index contributed by atoms with van der Waals surface area (Å²) in [6, 6.07) is 8.84. The van der Waals surface area contributed by atoms with E-state index in [0.29, 0.717) is 25.9 Å². The Hall–Kier alpha value is -2.05. The summed E-state index contributed by atoms with van der Waals surface area (Å²) < 4.78 is 0. The molecular weight excluding hydrogens is 366 g/mol. The number of ketones is 2. The molecule has 1 fully saturated rings. The minimum Gasteiger partial charge on any atom is -0.331 e. The monoisotopic (exact) mass is 401 g/mol. The normalized spacial score (nSPS) is 18.4. The fourth-order valence-corrected chi connectivity index (χ4v) is 4.03. The van der Waals surface area contributed by atoms with Gasteiger partial charge in [-0.3, -0.25) is 19.7 Å². The van der Waals surface area contributed by atoms with Gasteiger partial charge in [0.2, 0.25) is 5.91 Å². The highest BCUT2D eigenvalue weighted by molar-refractivity contribution is 5.91. The molecule has 0 bridgehead atoms. The minimum absolute atomic E-state index is 0.0297. The maximum absolute atomic E-state index is 13.3. The SMILES string of the molecule is CC(=O)[C@H](CCc1ccccc1)N[C@@H](CCCCN)C(=O)N1CCC[C@H]1C(C)=O. The summed E-state index contributed by atoms with van der Waals surface area (Å²) in [4.78, 5) is 39.2. The van der Waals surface area contributed by atoms with Crippen LogP contribution in [0.4, 0.5) is 0 Å². The third-order valence-electron chi connectivity index (χ3n) is 5.71. The molecule has 1 heterocycles. The van der Waals surface area contributed by atoms with Gasteiger partial charge in [-0.25, -0.2) is 0 Å². The van der Waals surface area contributed by atoms with Crippen molar-refractivity contribution < 1.29 is 14.4 Å². The molecule has 3 atom stereocenters. The summed E-state index contributed by atoms with van der Waals surface area (Å²) in [5, 5.41) is 3.33. The Morgan fingerprint density at radius 2 is 1.83 bits per heavy atom. The van der Waals surface area contributed by atoms with E-state index in [9.17, 15) is 14.4 Å². The molecule has 1 saturated heterocycles. The standard InChI is InChI=1S/C23H35N3O3/c1-17(27)20(14-13-19-9-4-3-5-10-19)25-21(11-6-7-15-24)23(29)26-16-8-12-22(26)18(2)28/h3-5,9-10,20-22,25H,6-8,11-16,24H2,1-2H3/t20-,21-,22-/m0/s1. The lowest BCUT2D eigenvalue weighted by molar-refractivity contribution is -0.139. The molecule has 29 heavy (non-hydrogen) atoms. The number of hydrogen-bond donors (Lipinski definition) is 2. The van der Waals surface area contributed by atoms with Crippen molar-refractivity contribution in [2.24, 2.45) is 5.73 Å². The zero-order valence-electron chi connectivity index (χ0n) is 17.7. The molecule has 6 nitrogen and oxygen atoms in total.